The first-order valence-electron chi connectivity index (χ1n) is 8.08. The van der Waals surface area contributed by atoms with Gasteiger partial charge in [-0.15, -0.1) is 0 Å². The van der Waals surface area contributed by atoms with Crippen LogP contribution in [0.15, 0.2) is 62.6 Å². The van der Waals surface area contributed by atoms with Crippen molar-refractivity contribution in [1.82, 2.24) is 4.31 Å². The number of hydrogen-bond donors (Lipinski definition) is 1. The van der Waals surface area contributed by atoms with E-state index >= 15 is 0 Å². The lowest BCUT2D eigenvalue weighted by Gasteiger charge is -2.12. The van der Waals surface area contributed by atoms with Gasteiger partial charge in [-0.3, -0.25) is 4.79 Å². The highest BCUT2D eigenvalue weighted by atomic mass is 32.2. The summed E-state index contributed by atoms with van der Waals surface area (Å²) in [5, 5.41) is 3.28. The number of amides is 1. The predicted molar refractivity (Wildman–Crippen MR) is 102 cm³/mol. The summed E-state index contributed by atoms with van der Waals surface area (Å²) in [6.07, 6.45) is 0. The van der Waals surface area contributed by atoms with Crippen LogP contribution in [-0.4, -0.2) is 32.7 Å². The zero-order chi connectivity index (χ0) is 19.8. The lowest BCUT2D eigenvalue weighted by atomic mass is 10.1. The van der Waals surface area contributed by atoms with Gasteiger partial charge in [0.2, 0.25) is 10.0 Å². The maximum Gasteiger partial charge on any atom is 0.349 e. The van der Waals surface area contributed by atoms with E-state index in [1.807, 2.05) is 0 Å². The van der Waals surface area contributed by atoms with Gasteiger partial charge in [0, 0.05) is 25.2 Å². The summed E-state index contributed by atoms with van der Waals surface area (Å²) >= 11 is 0. The second-order valence-corrected chi connectivity index (χ2v) is 8.30. The Morgan fingerprint density at radius 1 is 1.04 bits per heavy atom. The van der Waals surface area contributed by atoms with Crippen molar-refractivity contribution in [3.05, 3.63) is 70.1 Å². The van der Waals surface area contributed by atoms with Crippen molar-refractivity contribution in [3.8, 4) is 0 Å². The highest BCUT2D eigenvalue weighted by Crippen LogP contribution is 2.21. The molecule has 3 aromatic rings. The van der Waals surface area contributed by atoms with Crippen LogP contribution in [0.3, 0.4) is 0 Å². The van der Waals surface area contributed by atoms with E-state index in [1.54, 1.807) is 31.2 Å². The van der Waals surface area contributed by atoms with Crippen molar-refractivity contribution in [2.45, 2.75) is 11.8 Å². The number of anilines is 1. The number of carbonyl (C=O) groups excluding carboxylic acids is 1. The number of nitrogens with zero attached hydrogens (tertiary/aromatic N) is 1. The number of rotatable bonds is 4. The third-order valence-electron chi connectivity index (χ3n) is 4.19. The van der Waals surface area contributed by atoms with E-state index in [9.17, 15) is 18.0 Å². The summed E-state index contributed by atoms with van der Waals surface area (Å²) in [6, 6.07) is 12.7. The van der Waals surface area contributed by atoms with Gasteiger partial charge in [0.25, 0.3) is 5.91 Å². The van der Waals surface area contributed by atoms with Gasteiger partial charge in [0.15, 0.2) is 0 Å². The molecule has 2 aromatic carbocycles. The molecule has 0 saturated heterocycles. The van der Waals surface area contributed by atoms with E-state index in [0.717, 1.165) is 4.31 Å². The molecular weight excluding hydrogens is 368 g/mol. The van der Waals surface area contributed by atoms with E-state index in [1.165, 1.54) is 38.4 Å². The molecule has 0 atom stereocenters. The smallest absolute Gasteiger partial charge is 0.349 e. The van der Waals surface area contributed by atoms with Crippen LogP contribution in [0.2, 0.25) is 0 Å². The molecule has 27 heavy (non-hydrogen) atoms. The first-order chi connectivity index (χ1) is 12.7. The minimum Gasteiger partial charge on any atom is -0.422 e. The maximum atomic E-state index is 12.6. The van der Waals surface area contributed by atoms with Gasteiger partial charge in [-0.25, -0.2) is 17.5 Å². The Balaban J connectivity index is 1.93. The fourth-order valence-electron chi connectivity index (χ4n) is 2.68. The fraction of sp³-hybridized carbons (Fsp3) is 0.158. The Labute approximate surface area is 156 Å². The Hall–Kier alpha value is -2.97. The Bertz CT molecular complexity index is 1180. The van der Waals surface area contributed by atoms with Gasteiger partial charge in [-0.05, 0) is 42.8 Å². The third kappa shape index (κ3) is 3.49. The van der Waals surface area contributed by atoms with Crippen LogP contribution >= 0.6 is 0 Å². The van der Waals surface area contributed by atoms with Crippen molar-refractivity contribution in [2.75, 3.05) is 19.4 Å². The predicted octanol–water partition coefficient (Wildman–Crippen LogP) is 2.60. The summed E-state index contributed by atoms with van der Waals surface area (Å²) in [4.78, 5) is 24.9. The molecule has 8 heteroatoms. The molecule has 0 aliphatic rings. The number of aryl methyl sites for hydroxylation is 1. The van der Waals surface area contributed by atoms with Crippen LogP contribution in [0.4, 0.5) is 5.69 Å². The summed E-state index contributed by atoms with van der Waals surface area (Å²) in [7, 11) is -0.682. The number of sulfonamides is 1. The van der Waals surface area contributed by atoms with Crippen molar-refractivity contribution in [2.24, 2.45) is 0 Å². The van der Waals surface area contributed by atoms with E-state index < -0.39 is 21.6 Å². The molecule has 0 aliphatic carbocycles. The largest absolute Gasteiger partial charge is 0.422 e. The van der Waals surface area contributed by atoms with Gasteiger partial charge in [-0.1, -0.05) is 18.2 Å². The van der Waals surface area contributed by atoms with Crippen LogP contribution < -0.4 is 10.9 Å². The number of hydrogen-bond acceptors (Lipinski definition) is 5. The number of nitrogens with one attached hydrogen (secondary N) is 1. The summed E-state index contributed by atoms with van der Waals surface area (Å²) < 4.78 is 30.5. The van der Waals surface area contributed by atoms with Crippen LogP contribution in [0, 0.1) is 6.92 Å². The SMILES string of the molecule is Cc1c(C(=O)Nc2ccc(S(=O)(=O)N(C)C)cc2)c(=O)oc2ccccc12. The average molecular weight is 386 g/mol. The lowest BCUT2D eigenvalue weighted by Crippen LogP contribution is -2.23. The van der Waals surface area contributed by atoms with E-state index in [2.05, 4.69) is 5.32 Å². The highest BCUT2D eigenvalue weighted by molar-refractivity contribution is 7.89. The molecule has 0 saturated carbocycles. The number of benzene rings is 2. The van der Waals surface area contributed by atoms with Crippen molar-refractivity contribution >= 4 is 32.6 Å². The molecule has 7 nitrogen and oxygen atoms in total. The zero-order valence-electron chi connectivity index (χ0n) is 15.0. The van der Waals surface area contributed by atoms with Crippen LogP contribution in [0.5, 0.6) is 0 Å². The molecule has 0 fully saturated rings. The molecule has 1 aromatic heterocycles. The van der Waals surface area contributed by atoms with E-state index in [-0.39, 0.29) is 10.5 Å². The van der Waals surface area contributed by atoms with Gasteiger partial charge >= 0.3 is 5.63 Å². The molecule has 0 aliphatic heterocycles. The van der Waals surface area contributed by atoms with Gasteiger partial charge in [-0.2, -0.15) is 0 Å². The van der Waals surface area contributed by atoms with Gasteiger partial charge in [0.1, 0.15) is 11.1 Å². The molecule has 140 valence electrons. The van der Waals surface area contributed by atoms with E-state index in [4.69, 9.17) is 4.42 Å². The Kier molecular flexibility index (Phi) is 4.86. The van der Waals surface area contributed by atoms with Gasteiger partial charge in [0.05, 0.1) is 4.90 Å². The maximum absolute atomic E-state index is 12.6. The minimum atomic E-state index is -3.56. The van der Waals surface area contributed by atoms with Gasteiger partial charge < -0.3 is 9.73 Å². The molecular formula is C19H18N2O5S. The molecule has 3 rings (SSSR count). The fourth-order valence-corrected chi connectivity index (χ4v) is 3.58. The second-order valence-electron chi connectivity index (χ2n) is 6.15. The molecule has 1 N–H and O–H groups in total. The lowest BCUT2D eigenvalue weighted by molar-refractivity contribution is 0.102. The molecule has 0 radical (unpaired) electrons. The van der Waals surface area contributed by atoms with Crippen molar-refractivity contribution < 1.29 is 17.6 Å². The van der Waals surface area contributed by atoms with Crippen LogP contribution in [-0.2, 0) is 10.0 Å². The number of para-hydroxylation sites is 1. The van der Waals surface area contributed by atoms with Crippen LogP contribution in [0.25, 0.3) is 11.0 Å². The Morgan fingerprint density at radius 2 is 1.67 bits per heavy atom. The second kappa shape index (κ2) is 6.98. The average Bonchev–Trinajstić information content (AvgIpc) is 2.62. The summed E-state index contributed by atoms with van der Waals surface area (Å²) in [6.45, 7) is 1.68. The molecule has 1 heterocycles. The monoisotopic (exact) mass is 386 g/mol. The van der Waals surface area contributed by atoms with Crippen molar-refractivity contribution in [3.63, 3.8) is 0 Å². The first-order valence-corrected chi connectivity index (χ1v) is 9.52. The zero-order valence-corrected chi connectivity index (χ0v) is 15.8. The topological polar surface area (TPSA) is 96.7 Å². The summed E-state index contributed by atoms with van der Waals surface area (Å²) in [5.74, 6) is -0.616. The quantitative estimate of drug-likeness (QED) is 0.695. The summed E-state index contributed by atoms with van der Waals surface area (Å²) in [5.41, 5.74) is 0.486. The highest BCUT2D eigenvalue weighted by Gasteiger charge is 2.20. The third-order valence-corrected chi connectivity index (χ3v) is 6.02. The normalized spacial score (nSPS) is 11.7. The number of fused-ring (bicyclic) bond motifs is 1. The molecule has 0 unspecified atom stereocenters. The minimum absolute atomic E-state index is 0.0845. The first kappa shape index (κ1) is 18.8. The standard InChI is InChI=1S/C19H18N2O5S/c1-12-15-6-4-5-7-16(15)26-19(23)17(12)18(22)20-13-8-10-14(11-9-13)27(24,25)21(2)3/h4-11H,1-3H3,(H,20,22). The van der Waals surface area contributed by atoms with Crippen LogP contribution in [0.1, 0.15) is 15.9 Å². The number of carbonyl (C=O) groups is 1. The Morgan fingerprint density at radius 3 is 2.30 bits per heavy atom. The van der Waals surface area contributed by atoms with Crippen molar-refractivity contribution in [1.29, 1.82) is 0 Å². The van der Waals surface area contributed by atoms with E-state index in [0.29, 0.717) is 22.2 Å². The molecule has 1 amide bonds. The molecule has 0 bridgehead atoms. The molecule has 0 spiro atoms.